The molecule has 0 atom stereocenters. The average Bonchev–Trinajstić information content (AvgIpc) is 2.63. The van der Waals surface area contributed by atoms with Crippen LogP contribution < -0.4 is 15.4 Å². The van der Waals surface area contributed by atoms with Crippen molar-refractivity contribution in [1.29, 1.82) is 0 Å². The molecule has 0 bridgehead atoms. The first kappa shape index (κ1) is 13.2. The first-order chi connectivity index (χ1) is 10.2. The molecule has 1 aliphatic rings. The third-order valence-corrected chi connectivity index (χ3v) is 3.18. The highest BCUT2D eigenvalue weighted by Crippen LogP contribution is 2.36. The Labute approximate surface area is 121 Å². The molecular weight excluding hydrogens is 268 g/mol. The third kappa shape index (κ3) is 2.58. The summed E-state index contributed by atoms with van der Waals surface area (Å²) in [4.78, 5) is 23.7. The van der Waals surface area contributed by atoms with E-state index >= 15 is 0 Å². The molecule has 2 aromatic rings. The van der Waals surface area contributed by atoms with Crippen LogP contribution in [-0.4, -0.2) is 11.8 Å². The highest BCUT2D eigenvalue weighted by molar-refractivity contribution is 6.09. The van der Waals surface area contributed by atoms with Crippen LogP contribution in [0, 0.1) is 0 Å². The summed E-state index contributed by atoms with van der Waals surface area (Å²) in [5, 5.41) is 5.53. The van der Waals surface area contributed by atoms with Gasteiger partial charge in [-0.05, 0) is 30.3 Å². The molecule has 5 heteroatoms. The van der Waals surface area contributed by atoms with Crippen LogP contribution in [0.15, 0.2) is 42.5 Å². The molecule has 0 unspecified atom stereocenters. The van der Waals surface area contributed by atoms with Gasteiger partial charge in [-0.1, -0.05) is 19.1 Å². The first-order valence-corrected chi connectivity index (χ1v) is 6.69. The van der Waals surface area contributed by atoms with Gasteiger partial charge < -0.3 is 15.4 Å². The van der Waals surface area contributed by atoms with E-state index < -0.39 is 0 Å². The van der Waals surface area contributed by atoms with E-state index in [4.69, 9.17) is 4.74 Å². The molecule has 2 N–H and O–H groups in total. The molecule has 1 aliphatic heterocycles. The molecule has 0 spiro atoms. The van der Waals surface area contributed by atoms with Gasteiger partial charge in [0.15, 0.2) is 5.75 Å². The number of hydrogen-bond donors (Lipinski definition) is 2. The van der Waals surface area contributed by atoms with Gasteiger partial charge in [-0.2, -0.15) is 0 Å². The topological polar surface area (TPSA) is 67.4 Å². The van der Waals surface area contributed by atoms with Crippen molar-refractivity contribution in [2.45, 2.75) is 13.3 Å². The molecule has 0 saturated heterocycles. The zero-order valence-electron chi connectivity index (χ0n) is 11.5. The summed E-state index contributed by atoms with van der Waals surface area (Å²) >= 11 is 0. The number of rotatable bonds is 2. The van der Waals surface area contributed by atoms with Crippen molar-refractivity contribution in [3.8, 4) is 11.5 Å². The lowest BCUT2D eigenvalue weighted by Gasteiger charge is -2.09. The molecule has 3 rings (SSSR count). The number of carbonyl (C=O) groups excluding carboxylic acids is 2. The summed E-state index contributed by atoms with van der Waals surface area (Å²) in [7, 11) is 0. The lowest BCUT2D eigenvalue weighted by molar-refractivity contribution is -0.115. The highest BCUT2D eigenvalue weighted by Gasteiger charge is 2.21. The summed E-state index contributed by atoms with van der Waals surface area (Å²) in [6, 6.07) is 12.2. The van der Waals surface area contributed by atoms with Gasteiger partial charge >= 0.3 is 0 Å². The minimum atomic E-state index is -0.262. The van der Waals surface area contributed by atoms with Crippen molar-refractivity contribution in [1.82, 2.24) is 0 Å². The predicted molar refractivity (Wildman–Crippen MR) is 79.8 cm³/mol. The number of carbonyl (C=O) groups is 2. The molecule has 0 radical (unpaired) electrons. The molecule has 5 nitrogen and oxygen atoms in total. The smallest absolute Gasteiger partial charge is 0.259 e. The van der Waals surface area contributed by atoms with Crippen LogP contribution in [0.4, 0.5) is 11.4 Å². The van der Waals surface area contributed by atoms with E-state index in [1.165, 1.54) is 0 Å². The Hall–Kier alpha value is -2.82. The molecular formula is C16H14N2O3. The largest absolute Gasteiger partial charge is 0.454 e. The van der Waals surface area contributed by atoms with E-state index in [0.29, 0.717) is 34.9 Å². The van der Waals surface area contributed by atoms with Gasteiger partial charge in [0.1, 0.15) is 5.75 Å². The van der Waals surface area contributed by atoms with Gasteiger partial charge in [0.2, 0.25) is 5.91 Å². The van der Waals surface area contributed by atoms with E-state index in [9.17, 15) is 9.59 Å². The molecule has 0 fully saturated rings. The third-order valence-electron chi connectivity index (χ3n) is 3.18. The minimum Gasteiger partial charge on any atom is -0.454 e. The van der Waals surface area contributed by atoms with E-state index in [2.05, 4.69) is 10.6 Å². The average molecular weight is 282 g/mol. The fourth-order valence-corrected chi connectivity index (χ4v) is 2.09. The zero-order chi connectivity index (χ0) is 14.8. The number of benzene rings is 2. The zero-order valence-corrected chi connectivity index (χ0v) is 11.5. The Balaban J connectivity index is 1.98. The molecule has 2 aromatic carbocycles. The predicted octanol–water partition coefficient (Wildman–Crippen LogP) is 3.39. The van der Waals surface area contributed by atoms with Crippen molar-refractivity contribution in [3.05, 3.63) is 48.0 Å². The first-order valence-electron chi connectivity index (χ1n) is 6.69. The second-order valence-electron chi connectivity index (χ2n) is 4.67. The Kier molecular flexibility index (Phi) is 3.31. The molecule has 0 saturated carbocycles. The molecule has 0 aromatic heterocycles. The van der Waals surface area contributed by atoms with Gasteiger partial charge in [-0.25, -0.2) is 0 Å². The fourth-order valence-electron chi connectivity index (χ4n) is 2.09. The van der Waals surface area contributed by atoms with Crippen LogP contribution >= 0.6 is 0 Å². The van der Waals surface area contributed by atoms with Crippen molar-refractivity contribution in [2.24, 2.45) is 0 Å². The van der Waals surface area contributed by atoms with E-state index in [1.54, 1.807) is 37.3 Å². The number of fused-ring (bicyclic) bond motifs is 2. The number of hydrogen-bond acceptors (Lipinski definition) is 3. The molecule has 2 amide bonds. The SMILES string of the molecule is CCC(=O)Nc1ccc2c(c1)C(=O)Nc1ccccc1O2. The number of anilines is 2. The fraction of sp³-hybridized carbons (Fsp3) is 0.125. The number of ether oxygens (including phenoxy) is 1. The Bertz CT molecular complexity index is 725. The van der Waals surface area contributed by atoms with Crippen molar-refractivity contribution in [2.75, 3.05) is 10.6 Å². The second-order valence-corrected chi connectivity index (χ2v) is 4.67. The van der Waals surface area contributed by atoms with Crippen LogP contribution in [0.3, 0.4) is 0 Å². The van der Waals surface area contributed by atoms with Crippen LogP contribution in [0.1, 0.15) is 23.7 Å². The van der Waals surface area contributed by atoms with Gasteiger partial charge in [0, 0.05) is 12.1 Å². The van der Waals surface area contributed by atoms with Crippen LogP contribution in [0.2, 0.25) is 0 Å². The van der Waals surface area contributed by atoms with Crippen LogP contribution in [0.25, 0.3) is 0 Å². The lowest BCUT2D eigenvalue weighted by atomic mass is 10.1. The maximum atomic E-state index is 12.3. The Morgan fingerprint density at radius 1 is 1.19 bits per heavy atom. The summed E-state index contributed by atoms with van der Waals surface area (Å²) in [5.74, 6) is 0.692. The van der Waals surface area contributed by atoms with Crippen molar-refractivity contribution >= 4 is 23.2 Å². The number of amides is 2. The van der Waals surface area contributed by atoms with E-state index in [-0.39, 0.29) is 11.8 Å². The summed E-state index contributed by atoms with van der Waals surface area (Å²) in [6.07, 6.45) is 0.380. The molecule has 106 valence electrons. The van der Waals surface area contributed by atoms with Crippen LogP contribution in [-0.2, 0) is 4.79 Å². The van der Waals surface area contributed by atoms with Crippen molar-refractivity contribution < 1.29 is 14.3 Å². The second kappa shape index (κ2) is 5.28. The highest BCUT2D eigenvalue weighted by atomic mass is 16.5. The molecule has 1 heterocycles. The Morgan fingerprint density at radius 2 is 2.00 bits per heavy atom. The Morgan fingerprint density at radius 3 is 2.81 bits per heavy atom. The maximum absolute atomic E-state index is 12.3. The molecule has 0 aliphatic carbocycles. The van der Waals surface area contributed by atoms with Gasteiger partial charge in [-0.15, -0.1) is 0 Å². The summed E-state index contributed by atoms with van der Waals surface area (Å²) in [5.41, 5.74) is 1.59. The van der Waals surface area contributed by atoms with E-state index in [1.807, 2.05) is 12.1 Å². The van der Waals surface area contributed by atoms with Crippen LogP contribution in [0.5, 0.6) is 11.5 Å². The minimum absolute atomic E-state index is 0.104. The summed E-state index contributed by atoms with van der Waals surface area (Å²) < 4.78 is 5.76. The maximum Gasteiger partial charge on any atom is 0.259 e. The standard InChI is InChI=1S/C16H14N2O3/c1-2-15(19)17-10-7-8-13-11(9-10)16(20)18-12-5-3-4-6-14(12)21-13/h3-9H,2H2,1H3,(H,17,19)(H,18,20). The number of para-hydroxylation sites is 2. The quantitative estimate of drug-likeness (QED) is 0.887. The van der Waals surface area contributed by atoms with Gasteiger partial charge in [-0.3, -0.25) is 9.59 Å². The monoisotopic (exact) mass is 282 g/mol. The number of nitrogens with one attached hydrogen (secondary N) is 2. The van der Waals surface area contributed by atoms with Gasteiger partial charge in [0.05, 0.1) is 11.3 Å². The van der Waals surface area contributed by atoms with E-state index in [0.717, 1.165) is 0 Å². The normalized spacial score (nSPS) is 12.3. The van der Waals surface area contributed by atoms with Gasteiger partial charge in [0.25, 0.3) is 5.91 Å². The molecule has 21 heavy (non-hydrogen) atoms. The van der Waals surface area contributed by atoms with Crippen molar-refractivity contribution in [3.63, 3.8) is 0 Å². The lowest BCUT2D eigenvalue weighted by Crippen LogP contribution is -2.13. The summed E-state index contributed by atoms with van der Waals surface area (Å²) in [6.45, 7) is 1.77.